The third kappa shape index (κ3) is 7.06. The topological polar surface area (TPSA) is 49.7 Å². The molecular formula is C20H34O3S2Si2. The average Bonchev–Trinajstić information content (AvgIpc) is 3.36. The van der Waals surface area contributed by atoms with Gasteiger partial charge in [0.15, 0.2) is 16.6 Å². The quantitative estimate of drug-likeness (QED) is 0.304. The van der Waals surface area contributed by atoms with Gasteiger partial charge in [0.25, 0.3) is 0 Å². The van der Waals surface area contributed by atoms with Crippen LogP contribution in [-0.2, 0) is 4.12 Å². The Morgan fingerprint density at radius 1 is 0.704 bits per heavy atom. The molecule has 0 bridgehead atoms. The molecule has 0 aromatic heterocycles. The predicted octanol–water partition coefficient (Wildman–Crippen LogP) is 4.60. The van der Waals surface area contributed by atoms with Crippen molar-refractivity contribution in [2.75, 3.05) is 36.2 Å². The van der Waals surface area contributed by atoms with E-state index in [-0.39, 0.29) is 13.2 Å². The molecule has 0 fully saturated rings. The molecule has 0 saturated carbocycles. The molecule has 2 rings (SSSR count). The highest BCUT2D eigenvalue weighted by atomic mass is 32.2. The van der Waals surface area contributed by atoms with Crippen molar-refractivity contribution in [1.29, 1.82) is 0 Å². The standard InChI is InChI=1S/C20H34O3S2Si2/c1-26(17-15-24-13-11-21,19-7-3-4-8-19)23-27(2,18-16-25-14-12-22)20-9-5-6-10-20/h3-10,19-22H,11-18H2,1-2H3. The summed E-state index contributed by atoms with van der Waals surface area (Å²) in [6.45, 7) is 5.32. The molecule has 152 valence electrons. The van der Waals surface area contributed by atoms with Gasteiger partial charge in [-0.1, -0.05) is 48.6 Å². The summed E-state index contributed by atoms with van der Waals surface area (Å²) in [4.78, 5) is 0. The second-order valence-corrected chi connectivity index (χ2v) is 18.3. The van der Waals surface area contributed by atoms with Gasteiger partial charge in [-0.25, -0.2) is 0 Å². The van der Waals surface area contributed by atoms with Crippen LogP contribution in [0.15, 0.2) is 48.6 Å². The van der Waals surface area contributed by atoms with Crippen molar-refractivity contribution in [2.24, 2.45) is 0 Å². The molecule has 2 aliphatic rings. The maximum Gasteiger partial charge on any atom is 0.188 e. The highest BCUT2D eigenvalue weighted by Crippen LogP contribution is 2.42. The molecule has 27 heavy (non-hydrogen) atoms. The second-order valence-electron chi connectivity index (χ2n) is 7.49. The van der Waals surface area contributed by atoms with Crippen molar-refractivity contribution in [2.45, 2.75) is 36.3 Å². The summed E-state index contributed by atoms with van der Waals surface area (Å²) in [6, 6.07) is 2.23. The van der Waals surface area contributed by atoms with Crippen LogP contribution >= 0.6 is 23.5 Å². The van der Waals surface area contributed by atoms with Crippen LogP contribution in [0.5, 0.6) is 0 Å². The smallest absolute Gasteiger partial charge is 0.188 e. The minimum atomic E-state index is -1.98. The number of hydrogen-bond donors (Lipinski definition) is 2. The molecule has 2 aliphatic carbocycles. The lowest BCUT2D eigenvalue weighted by atomic mass is 10.5. The highest BCUT2D eigenvalue weighted by Gasteiger charge is 2.46. The molecule has 0 aromatic rings. The maximum atomic E-state index is 9.09. The number of rotatable bonds is 14. The lowest BCUT2D eigenvalue weighted by molar-refractivity contribution is 0.322. The number of aliphatic hydroxyl groups is 2. The summed E-state index contributed by atoms with van der Waals surface area (Å²) >= 11 is 3.67. The number of aliphatic hydroxyl groups excluding tert-OH is 2. The van der Waals surface area contributed by atoms with Crippen LogP contribution in [0.1, 0.15) is 0 Å². The first-order valence-corrected chi connectivity index (χ1v) is 17.5. The first-order valence-electron chi connectivity index (χ1n) is 9.81. The van der Waals surface area contributed by atoms with Gasteiger partial charge in [0.05, 0.1) is 13.2 Å². The van der Waals surface area contributed by atoms with E-state index < -0.39 is 16.6 Å². The van der Waals surface area contributed by atoms with Crippen LogP contribution < -0.4 is 0 Å². The summed E-state index contributed by atoms with van der Waals surface area (Å²) in [5.74, 6) is 3.73. The van der Waals surface area contributed by atoms with Crippen LogP contribution in [0.2, 0.25) is 36.3 Å². The first kappa shape index (κ1) is 23.3. The molecule has 0 amide bonds. The van der Waals surface area contributed by atoms with Gasteiger partial charge in [-0.15, -0.1) is 0 Å². The minimum Gasteiger partial charge on any atom is -0.454 e. The molecule has 3 nitrogen and oxygen atoms in total. The third-order valence-corrected chi connectivity index (χ3v) is 17.8. The fraction of sp³-hybridized carbons (Fsp3) is 0.600. The Morgan fingerprint density at radius 3 is 1.41 bits per heavy atom. The van der Waals surface area contributed by atoms with E-state index in [0.29, 0.717) is 11.1 Å². The van der Waals surface area contributed by atoms with Gasteiger partial charge in [-0.3, -0.25) is 0 Å². The van der Waals surface area contributed by atoms with Gasteiger partial charge in [-0.2, -0.15) is 23.5 Å². The first-order chi connectivity index (χ1) is 13.0. The van der Waals surface area contributed by atoms with Gasteiger partial charge in [0.2, 0.25) is 0 Å². The van der Waals surface area contributed by atoms with Crippen LogP contribution in [0.25, 0.3) is 0 Å². The average molecular weight is 443 g/mol. The Kier molecular flexibility index (Phi) is 10.2. The summed E-state index contributed by atoms with van der Waals surface area (Å²) in [6.07, 6.45) is 17.9. The Balaban J connectivity index is 2.12. The zero-order valence-corrected chi connectivity index (χ0v) is 20.2. The van der Waals surface area contributed by atoms with Crippen LogP contribution in [0.3, 0.4) is 0 Å². The summed E-state index contributed by atoms with van der Waals surface area (Å²) in [7, 11) is -3.96. The van der Waals surface area contributed by atoms with E-state index in [4.69, 9.17) is 14.3 Å². The van der Waals surface area contributed by atoms with Gasteiger partial charge in [0.1, 0.15) is 0 Å². The maximum absolute atomic E-state index is 9.09. The monoisotopic (exact) mass is 442 g/mol. The molecule has 0 aromatic carbocycles. The molecule has 2 unspecified atom stereocenters. The molecule has 0 spiro atoms. The van der Waals surface area contributed by atoms with E-state index >= 15 is 0 Å². The van der Waals surface area contributed by atoms with Crippen molar-refractivity contribution in [3.05, 3.63) is 48.6 Å². The van der Waals surface area contributed by atoms with Gasteiger partial charge in [-0.05, 0) is 36.7 Å². The summed E-state index contributed by atoms with van der Waals surface area (Å²) in [5, 5.41) is 18.2. The zero-order chi connectivity index (χ0) is 19.6. The molecule has 0 aliphatic heterocycles. The molecular weight excluding hydrogens is 409 g/mol. The molecule has 2 atom stereocenters. The lowest BCUT2D eigenvalue weighted by Gasteiger charge is -2.43. The number of thioether (sulfide) groups is 2. The Morgan fingerprint density at radius 2 is 1.07 bits per heavy atom. The summed E-state index contributed by atoms with van der Waals surface area (Å²) < 4.78 is 7.27. The highest BCUT2D eigenvalue weighted by molar-refractivity contribution is 7.99. The minimum absolute atomic E-state index is 0.249. The molecule has 0 radical (unpaired) electrons. The fourth-order valence-electron chi connectivity index (χ4n) is 3.66. The SMILES string of the molecule is C[Si](CCSCCO)(O[Si](C)(CCSCCO)C1C=CC=C1)C1C=CC=C1. The number of allylic oxidation sites excluding steroid dienone is 8. The van der Waals surface area contributed by atoms with Gasteiger partial charge in [0, 0.05) is 22.6 Å². The number of hydrogen-bond acceptors (Lipinski definition) is 5. The van der Waals surface area contributed by atoms with E-state index in [0.717, 1.165) is 35.1 Å². The van der Waals surface area contributed by atoms with E-state index in [1.54, 1.807) is 0 Å². The van der Waals surface area contributed by atoms with E-state index in [1.165, 1.54) is 0 Å². The Hall–Kier alpha value is -0.0262. The third-order valence-electron chi connectivity index (χ3n) is 5.33. The molecule has 0 heterocycles. The van der Waals surface area contributed by atoms with Crippen molar-refractivity contribution in [1.82, 2.24) is 0 Å². The Labute approximate surface area is 175 Å². The normalized spacial score (nSPS) is 21.2. The predicted molar refractivity (Wildman–Crippen MR) is 127 cm³/mol. The largest absolute Gasteiger partial charge is 0.454 e. The van der Waals surface area contributed by atoms with Crippen LogP contribution in [0, 0.1) is 0 Å². The van der Waals surface area contributed by atoms with Crippen LogP contribution in [-0.4, -0.2) is 63.1 Å². The second kappa shape index (κ2) is 11.8. The van der Waals surface area contributed by atoms with E-state index in [1.807, 2.05) is 23.5 Å². The van der Waals surface area contributed by atoms with E-state index in [9.17, 15) is 0 Å². The van der Waals surface area contributed by atoms with Crippen LogP contribution in [0.4, 0.5) is 0 Å². The van der Waals surface area contributed by atoms with Gasteiger partial charge < -0.3 is 14.3 Å². The van der Waals surface area contributed by atoms with Crippen molar-refractivity contribution in [3.8, 4) is 0 Å². The van der Waals surface area contributed by atoms with E-state index in [2.05, 4.69) is 61.7 Å². The molecule has 2 N–H and O–H groups in total. The van der Waals surface area contributed by atoms with Crippen molar-refractivity contribution >= 4 is 40.2 Å². The fourth-order valence-corrected chi connectivity index (χ4v) is 17.6. The molecule has 7 heteroatoms. The van der Waals surface area contributed by atoms with Crippen molar-refractivity contribution in [3.63, 3.8) is 0 Å². The summed E-state index contributed by atoms with van der Waals surface area (Å²) in [5.41, 5.74) is 0.886. The Bertz CT molecular complexity index is 495. The van der Waals surface area contributed by atoms with Gasteiger partial charge >= 0.3 is 0 Å². The lowest BCUT2D eigenvalue weighted by Crippen LogP contribution is -2.52. The van der Waals surface area contributed by atoms with Crippen molar-refractivity contribution < 1.29 is 14.3 Å². The zero-order valence-electron chi connectivity index (χ0n) is 16.5. The molecule has 0 saturated heterocycles.